The number of rotatable bonds is 6. The first-order chi connectivity index (χ1) is 13.4. The number of anilines is 2. The molecule has 0 radical (unpaired) electrons. The van der Waals surface area contributed by atoms with Crippen molar-refractivity contribution < 1.29 is 19.1 Å². The molecule has 0 spiro atoms. The number of ketones is 1. The van der Waals surface area contributed by atoms with Gasteiger partial charge in [-0.2, -0.15) is 0 Å². The Hall–Kier alpha value is -2.80. The van der Waals surface area contributed by atoms with Crippen LogP contribution >= 0.6 is 11.8 Å². The maximum Gasteiger partial charge on any atom is 0.267 e. The van der Waals surface area contributed by atoms with Crippen LogP contribution in [0.15, 0.2) is 47.4 Å². The van der Waals surface area contributed by atoms with Crippen LogP contribution in [0, 0.1) is 0 Å². The number of carbonyl (C=O) groups excluding carboxylic acids is 3. The number of carbonyl (C=O) groups is 3. The van der Waals surface area contributed by atoms with Crippen LogP contribution in [0.2, 0.25) is 0 Å². The number of nitrogens with zero attached hydrogens (tertiary/aromatic N) is 1. The fourth-order valence-electron chi connectivity index (χ4n) is 2.98. The van der Waals surface area contributed by atoms with Crippen molar-refractivity contribution in [3.8, 4) is 5.75 Å². The zero-order valence-electron chi connectivity index (χ0n) is 16.0. The van der Waals surface area contributed by atoms with Crippen molar-refractivity contribution in [1.82, 2.24) is 0 Å². The Kier molecular flexibility index (Phi) is 6.04. The fourth-order valence-corrected chi connectivity index (χ4v) is 3.44. The van der Waals surface area contributed by atoms with E-state index in [2.05, 4.69) is 5.32 Å². The molecule has 1 unspecified atom stereocenters. The van der Waals surface area contributed by atoms with Crippen LogP contribution in [0.3, 0.4) is 0 Å². The van der Waals surface area contributed by atoms with Gasteiger partial charge in [-0.3, -0.25) is 14.4 Å². The highest BCUT2D eigenvalue weighted by atomic mass is 32.2. The summed E-state index contributed by atoms with van der Waals surface area (Å²) < 4.78 is 5.56. The van der Waals surface area contributed by atoms with Crippen LogP contribution in [0.5, 0.6) is 5.75 Å². The third kappa shape index (κ3) is 4.36. The van der Waals surface area contributed by atoms with Crippen LogP contribution in [0.25, 0.3) is 0 Å². The summed E-state index contributed by atoms with van der Waals surface area (Å²) in [5.41, 5.74) is 1.73. The topological polar surface area (TPSA) is 75.7 Å². The van der Waals surface area contributed by atoms with Crippen LogP contribution in [0.4, 0.5) is 11.4 Å². The molecule has 3 rings (SSSR count). The van der Waals surface area contributed by atoms with E-state index >= 15 is 0 Å². The third-order valence-electron chi connectivity index (χ3n) is 4.56. The van der Waals surface area contributed by atoms with Crippen molar-refractivity contribution >= 4 is 40.7 Å². The highest BCUT2D eigenvalue weighted by molar-refractivity contribution is 7.98. The first-order valence-electron chi connectivity index (χ1n) is 8.94. The molecule has 2 aromatic rings. The van der Waals surface area contributed by atoms with Crippen molar-refractivity contribution in [2.24, 2.45) is 0 Å². The number of Topliss-reactive ketones (excluding diaryl/α,β-unsaturated/α-hetero) is 1. The molecular weight excluding hydrogens is 376 g/mol. The molecule has 1 aliphatic heterocycles. The molecule has 1 N–H and O–H groups in total. The smallest absolute Gasteiger partial charge is 0.267 e. The van der Waals surface area contributed by atoms with Gasteiger partial charge < -0.3 is 15.0 Å². The summed E-state index contributed by atoms with van der Waals surface area (Å²) >= 11 is 1.59. The lowest BCUT2D eigenvalue weighted by atomic mass is 10.0. The van der Waals surface area contributed by atoms with Crippen molar-refractivity contribution in [3.05, 3.63) is 48.0 Å². The second-order valence-electron chi connectivity index (χ2n) is 6.54. The molecule has 1 atom stereocenters. The minimum atomic E-state index is -0.549. The van der Waals surface area contributed by atoms with E-state index in [1.165, 1.54) is 4.90 Å². The average molecular weight is 398 g/mol. The zero-order valence-corrected chi connectivity index (χ0v) is 16.8. The van der Waals surface area contributed by atoms with E-state index in [1.54, 1.807) is 43.9 Å². The summed E-state index contributed by atoms with van der Waals surface area (Å²) in [6.45, 7) is 1.69. The first-order valence-corrected chi connectivity index (χ1v) is 10.2. The molecule has 28 heavy (non-hydrogen) atoms. The van der Waals surface area contributed by atoms with Crippen molar-refractivity contribution in [2.75, 3.05) is 23.5 Å². The molecule has 0 aliphatic carbocycles. The van der Waals surface area contributed by atoms with Crippen LogP contribution in [0.1, 0.15) is 30.1 Å². The summed E-state index contributed by atoms with van der Waals surface area (Å²) in [6.07, 6.45) is 1.59. The summed E-state index contributed by atoms with van der Waals surface area (Å²) in [4.78, 5) is 39.3. The van der Waals surface area contributed by atoms with Gasteiger partial charge in [0.15, 0.2) is 11.9 Å². The first kappa shape index (κ1) is 19.9. The minimum absolute atomic E-state index is 0.0850. The van der Waals surface area contributed by atoms with Gasteiger partial charge in [-0.25, -0.2) is 0 Å². The Morgan fingerprint density at radius 2 is 1.96 bits per heavy atom. The third-order valence-corrected chi connectivity index (χ3v) is 5.28. The van der Waals surface area contributed by atoms with Gasteiger partial charge in [-0.05, 0) is 49.6 Å². The van der Waals surface area contributed by atoms with E-state index in [-0.39, 0.29) is 30.4 Å². The summed E-state index contributed by atoms with van der Waals surface area (Å²) in [5, 5.41) is 2.81. The van der Waals surface area contributed by atoms with Gasteiger partial charge in [-0.15, -0.1) is 11.8 Å². The maximum atomic E-state index is 12.5. The second kappa shape index (κ2) is 8.48. The van der Waals surface area contributed by atoms with E-state index in [1.807, 2.05) is 30.5 Å². The molecule has 146 valence electrons. The maximum absolute atomic E-state index is 12.5. The highest BCUT2D eigenvalue weighted by Crippen LogP contribution is 2.34. The lowest BCUT2D eigenvalue weighted by Crippen LogP contribution is -2.42. The minimum Gasteiger partial charge on any atom is -0.479 e. The number of hydrogen-bond donors (Lipinski definition) is 1. The molecule has 0 saturated carbocycles. The van der Waals surface area contributed by atoms with Gasteiger partial charge in [0.2, 0.25) is 5.91 Å². The number of nitrogens with one attached hydrogen (secondary N) is 1. The molecule has 0 fully saturated rings. The standard InChI is InChI=1S/C21H22N2O4S/c1-13-21(26)23(2)17-11-14(7-9-19(17)27-13)18(24)8-10-20(25)22-15-5-4-6-16(12-15)28-3/h4-7,9,11-13H,8,10H2,1-3H3,(H,22,25). The van der Waals surface area contributed by atoms with E-state index in [0.717, 1.165) is 4.90 Å². The van der Waals surface area contributed by atoms with Gasteiger partial charge in [-0.1, -0.05) is 6.07 Å². The predicted molar refractivity (Wildman–Crippen MR) is 110 cm³/mol. The Labute approximate surface area is 168 Å². The molecule has 0 saturated heterocycles. The van der Waals surface area contributed by atoms with E-state index in [4.69, 9.17) is 4.74 Å². The largest absolute Gasteiger partial charge is 0.479 e. The summed E-state index contributed by atoms with van der Waals surface area (Å²) in [5.74, 6) is 0.0332. The quantitative estimate of drug-likeness (QED) is 0.592. The Balaban J connectivity index is 1.62. The van der Waals surface area contributed by atoms with Gasteiger partial charge in [0.25, 0.3) is 5.91 Å². The molecule has 1 heterocycles. The highest BCUT2D eigenvalue weighted by Gasteiger charge is 2.29. The molecular formula is C21H22N2O4S. The zero-order chi connectivity index (χ0) is 20.3. The predicted octanol–water partition coefficient (Wildman–Crippen LogP) is 3.75. The van der Waals surface area contributed by atoms with Crippen molar-refractivity contribution in [1.29, 1.82) is 0 Å². The van der Waals surface area contributed by atoms with Crippen LogP contribution in [-0.4, -0.2) is 37.0 Å². The number of hydrogen-bond acceptors (Lipinski definition) is 5. The number of amides is 2. The number of thioether (sulfide) groups is 1. The van der Waals surface area contributed by atoms with Crippen LogP contribution < -0.4 is 15.0 Å². The second-order valence-corrected chi connectivity index (χ2v) is 7.42. The lowest BCUT2D eigenvalue weighted by Gasteiger charge is -2.30. The number of fused-ring (bicyclic) bond motifs is 1. The van der Waals surface area contributed by atoms with Gasteiger partial charge in [0.1, 0.15) is 5.75 Å². The lowest BCUT2D eigenvalue weighted by molar-refractivity contribution is -0.125. The summed E-state index contributed by atoms with van der Waals surface area (Å²) in [6, 6.07) is 12.5. The van der Waals surface area contributed by atoms with Gasteiger partial charge >= 0.3 is 0 Å². The van der Waals surface area contributed by atoms with E-state index < -0.39 is 6.10 Å². The molecule has 6 nitrogen and oxygen atoms in total. The monoisotopic (exact) mass is 398 g/mol. The van der Waals surface area contributed by atoms with Gasteiger partial charge in [0.05, 0.1) is 5.69 Å². The number of likely N-dealkylation sites (N-methyl/N-ethyl adjacent to an activating group) is 1. The van der Waals surface area contributed by atoms with E-state index in [9.17, 15) is 14.4 Å². The Morgan fingerprint density at radius 1 is 1.18 bits per heavy atom. The van der Waals surface area contributed by atoms with Crippen LogP contribution in [-0.2, 0) is 9.59 Å². The molecule has 1 aliphatic rings. The SMILES string of the molecule is CSc1cccc(NC(=O)CCC(=O)c2ccc3c(c2)N(C)C(=O)C(C)O3)c1. The fraction of sp³-hybridized carbons (Fsp3) is 0.286. The molecule has 0 bridgehead atoms. The Morgan fingerprint density at radius 3 is 2.71 bits per heavy atom. The van der Waals surface area contributed by atoms with Gasteiger partial charge in [0, 0.05) is 36.0 Å². The Bertz CT molecular complexity index is 928. The number of benzene rings is 2. The average Bonchev–Trinajstić information content (AvgIpc) is 2.70. The number of ether oxygens (including phenoxy) is 1. The molecule has 2 amide bonds. The normalized spacial score (nSPS) is 15.6. The molecule has 7 heteroatoms. The summed E-state index contributed by atoms with van der Waals surface area (Å²) in [7, 11) is 1.66. The van der Waals surface area contributed by atoms with E-state index in [0.29, 0.717) is 22.7 Å². The molecule has 0 aromatic heterocycles. The van der Waals surface area contributed by atoms with Crippen molar-refractivity contribution in [3.63, 3.8) is 0 Å². The molecule has 2 aromatic carbocycles. The van der Waals surface area contributed by atoms with Crippen molar-refractivity contribution in [2.45, 2.75) is 30.8 Å².